The van der Waals surface area contributed by atoms with Gasteiger partial charge in [0.2, 0.25) is 5.69 Å². The first kappa shape index (κ1) is 9.14. The normalized spacial score (nSPS) is 18.3. The van der Waals surface area contributed by atoms with E-state index in [-0.39, 0.29) is 11.6 Å². The molecule has 1 aromatic heterocycles. The Morgan fingerprint density at radius 2 is 2.14 bits per heavy atom. The molecule has 0 unspecified atom stereocenters. The van der Waals surface area contributed by atoms with E-state index in [1.165, 1.54) is 0 Å². The Labute approximate surface area is 80.3 Å². The van der Waals surface area contributed by atoms with Crippen molar-refractivity contribution in [3.05, 3.63) is 11.4 Å². The van der Waals surface area contributed by atoms with Gasteiger partial charge in [-0.1, -0.05) is 5.16 Å². The van der Waals surface area contributed by atoms with Gasteiger partial charge in [0.15, 0.2) is 0 Å². The van der Waals surface area contributed by atoms with E-state index < -0.39 is 5.97 Å². The summed E-state index contributed by atoms with van der Waals surface area (Å²) < 4.78 is 4.46. The summed E-state index contributed by atoms with van der Waals surface area (Å²) in [5, 5.41) is 19.1. The van der Waals surface area contributed by atoms with Crippen LogP contribution in [-0.2, 0) is 0 Å². The molecule has 1 aliphatic rings. The van der Waals surface area contributed by atoms with Crippen molar-refractivity contribution >= 4 is 5.97 Å². The molecule has 76 valence electrons. The van der Waals surface area contributed by atoms with Crippen LogP contribution in [0.2, 0.25) is 0 Å². The van der Waals surface area contributed by atoms with Crippen LogP contribution in [0.15, 0.2) is 4.63 Å². The maximum Gasteiger partial charge on any atom is 0.360 e. The molecule has 2 N–H and O–H groups in total. The van der Waals surface area contributed by atoms with Crippen LogP contribution in [0, 0.1) is 0 Å². The molecule has 1 aromatic rings. The molecule has 6 nitrogen and oxygen atoms in total. The Hall–Kier alpha value is -1.43. The Morgan fingerprint density at radius 1 is 1.43 bits per heavy atom. The van der Waals surface area contributed by atoms with E-state index in [2.05, 4.69) is 20.3 Å². The number of nitrogens with one attached hydrogen (secondary N) is 1. The number of aromatic carboxylic acids is 1. The molecule has 14 heavy (non-hydrogen) atoms. The molecule has 0 saturated carbocycles. The van der Waals surface area contributed by atoms with Gasteiger partial charge in [-0.15, -0.1) is 0 Å². The maximum atomic E-state index is 10.7. The summed E-state index contributed by atoms with van der Waals surface area (Å²) in [7, 11) is 0. The predicted molar refractivity (Wildman–Crippen MR) is 46.1 cm³/mol. The molecule has 1 aliphatic heterocycles. The molecular weight excluding hydrogens is 186 g/mol. The van der Waals surface area contributed by atoms with Crippen LogP contribution >= 0.6 is 0 Å². The van der Waals surface area contributed by atoms with Crippen LogP contribution in [0.25, 0.3) is 0 Å². The SMILES string of the molecule is O=C(O)c1nonc1C1CCNCC1. The van der Waals surface area contributed by atoms with Gasteiger partial charge in [-0.2, -0.15) is 0 Å². The molecule has 0 atom stereocenters. The molecule has 1 fully saturated rings. The van der Waals surface area contributed by atoms with Crippen molar-refractivity contribution in [2.75, 3.05) is 13.1 Å². The highest BCUT2D eigenvalue weighted by molar-refractivity contribution is 5.86. The highest BCUT2D eigenvalue weighted by Crippen LogP contribution is 2.25. The number of hydrogen-bond donors (Lipinski definition) is 2. The number of nitrogens with zero attached hydrogens (tertiary/aromatic N) is 2. The van der Waals surface area contributed by atoms with Crippen molar-refractivity contribution in [3.63, 3.8) is 0 Å². The summed E-state index contributed by atoms with van der Waals surface area (Å²) in [6.45, 7) is 1.77. The topological polar surface area (TPSA) is 88.2 Å². The Balaban J connectivity index is 2.21. The molecule has 0 spiro atoms. The monoisotopic (exact) mass is 197 g/mol. The summed E-state index contributed by atoms with van der Waals surface area (Å²) >= 11 is 0. The third-order valence-corrected chi connectivity index (χ3v) is 2.44. The first-order valence-corrected chi connectivity index (χ1v) is 4.55. The van der Waals surface area contributed by atoms with Gasteiger partial charge < -0.3 is 10.4 Å². The zero-order valence-corrected chi connectivity index (χ0v) is 7.56. The van der Waals surface area contributed by atoms with Gasteiger partial charge in [0.25, 0.3) is 0 Å². The van der Waals surface area contributed by atoms with Gasteiger partial charge in [0.1, 0.15) is 5.69 Å². The van der Waals surface area contributed by atoms with E-state index >= 15 is 0 Å². The second-order valence-corrected chi connectivity index (χ2v) is 3.33. The van der Waals surface area contributed by atoms with Gasteiger partial charge in [0.05, 0.1) is 0 Å². The lowest BCUT2D eigenvalue weighted by Gasteiger charge is -2.20. The van der Waals surface area contributed by atoms with E-state index in [4.69, 9.17) is 5.11 Å². The maximum absolute atomic E-state index is 10.7. The van der Waals surface area contributed by atoms with E-state index in [0.717, 1.165) is 25.9 Å². The third kappa shape index (κ3) is 1.60. The molecule has 0 radical (unpaired) electrons. The Kier molecular flexibility index (Phi) is 2.45. The fraction of sp³-hybridized carbons (Fsp3) is 0.625. The highest BCUT2D eigenvalue weighted by atomic mass is 16.6. The number of hydrogen-bond acceptors (Lipinski definition) is 5. The summed E-state index contributed by atoms with van der Waals surface area (Å²) in [5.74, 6) is -0.909. The average molecular weight is 197 g/mol. The van der Waals surface area contributed by atoms with E-state index in [9.17, 15) is 4.79 Å². The first-order valence-electron chi connectivity index (χ1n) is 4.55. The third-order valence-electron chi connectivity index (χ3n) is 2.44. The fourth-order valence-electron chi connectivity index (χ4n) is 1.71. The fourth-order valence-corrected chi connectivity index (χ4v) is 1.71. The van der Waals surface area contributed by atoms with Crippen LogP contribution in [-0.4, -0.2) is 34.5 Å². The van der Waals surface area contributed by atoms with Crippen molar-refractivity contribution in [2.24, 2.45) is 0 Å². The smallest absolute Gasteiger partial charge is 0.360 e. The summed E-state index contributed by atoms with van der Waals surface area (Å²) in [4.78, 5) is 10.7. The van der Waals surface area contributed by atoms with Crippen LogP contribution in [0.3, 0.4) is 0 Å². The highest BCUT2D eigenvalue weighted by Gasteiger charge is 2.26. The van der Waals surface area contributed by atoms with Crippen molar-refractivity contribution in [2.45, 2.75) is 18.8 Å². The van der Waals surface area contributed by atoms with Crippen molar-refractivity contribution < 1.29 is 14.5 Å². The van der Waals surface area contributed by atoms with Crippen molar-refractivity contribution in [1.29, 1.82) is 0 Å². The van der Waals surface area contributed by atoms with Gasteiger partial charge >= 0.3 is 5.97 Å². The van der Waals surface area contributed by atoms with Crippen LogP contribution in [0.4, 0.5) is 0 Å². The first-order chi connectivity index (χ1) is 6.79. The minimum Gasteiger partial charge on any atom is -0.476 e. The largest absolute Gasteiger partial charge is 0.476 e. The molecule has 0 amide bonds. The number of carbonyl (C=O) groups is 1. The summed E-state index contributed by atoms with van der Waals surface area (Å²) in [5.41, 5.74) is 0.441. The minimum atomic E-state index is -1.07. The lowest BCUT2D eigenvalue weighted by molar-refractivity contribution is 0.0683. The van der Waals surface area contributed by atoms with Gasteiger partial charge in [-0.25, -0.2) is 9.42 Å². The van der Waals surface area contributed by atoms with Gasteiger partial charge in [-0.3, -0.25) is 0 Å². The Bertz CT molecular complexity index is 330. The standard InChI is InChI=1S/C8H11N3O3/c12-8(13)7-6(10-14-11-7)5-1-3-9-4-2-5/h5,9H,1-4H2,(H,12,13). The quantitative estimate of drug-likeness (QED) is 0.705. The minimum absolute atomic E-state index is 0.0445. The lowest BCUT2D eigenvalue weighted by atomic mass is 9.93. The van der Waals surface area contributed by atoms with E-state index in [0.29, 0.717) is 5.69 Å². The zero-order valence-electron chi connectivity index (χ0n) is 7.56. The second-order valence-electron chi connectivity index (χ2n) is 3.33. The number of carboxylic acids is 1. The molecule has 2 heterocycles. The number of carboxylic acid groups (broad SMARTS) is 1. The van der Waals surface area contributed by atoms with Crippen molar-refractivity contribution in [1.82, 2.24) is 15.6 Å². The summed E-state index contributed by atoms with van der Waals surface area (Å²) in [6, 6.07) is 0. The Morgan fingerprint density at radius 3 is 2.79 bits per heavy atom. The lowest BCUT2D eigenvalue weighted by Crippen LogP contribution is -2.27. The molecule has 6 heteroatoms. The van der Waals surface area contributed by atoms with Crippen LogP contribution in [0.5, 0.6) is 0 Å². The van der Waals surface area contributed by atoms with Crippen LogP contribution in [0.1, 0.15) is 34.9 Å². The number of aromatic nitrogens is 2. The summed E-state index contributed by atoms with van der Waals surface area (Å²) in [6.07, 6.45) is 1.77. The van der Waals surface area contributed by atoms with E-state index in [1.807, 2.05) is 0 Å². The molecule has 0 bridgehead atoms. The number of piperidine rings is 1. The van der Waals surface area contributed by atoms with Crippen molar-refractivity contribution in [3.8, 4) is 0 Å². The second kappa shape index (κ2) is 3.75. The molecule has 1 saturated heterocycles. The van der Waals surface area contributed by atoms with Crippen LogP contribution < -0.4 is 5.32 Å². The molecular formula is C8H11N3O3. The zero-order chi connectivity index (χ0) is 9.97. The molecule has 0 aromatic carbocycles. The van der Waals surface area contributed by atoms with Gasteiger partial charge in [0, 0.05) is 5.92 Å². The predicted octanol–water partition coefficient (Wildman–Crippen LogP) is 0.235. The van der Waals surface area contributed by atoms with E-state index in [1.54, 1.807) is 0 Å². The number of rotatable bonds is 2. The molecule has 2 rings (SSSR count). The molecule has 0 aliphatic carbocycles. The average Bonchev–Trinajstić information content (AvgIpc) is 2.67. The van der Waals surface area contributed by atoms with Gasteiger partial charge in [-0.05, 0) is 31.1 Å².